The first-order valence-corrected chi connectivity index (χ1v) is 6.36. The maximum absolute atomic E-state index is 13.4. The average molecular weight is 285 g/mol. The molecule has 0 radical (unpaired) electrons. The van der Waals surface area contributed by atoms with Crippen molar-refractivity contribution in [2.45, 2.75) is 25.0 Å². The molecule has 0 spiro atoms. The van der Waals surface area contributed by atoms with Crippen molar-refractivity contribution < 1.29 is 23.4 Å². The molecule has 110 valence electrons. The number of furan rings is 1. The van der Waals surface area contributed by atoms with E-state index in [9.17, 15) is 19.0 Å². The Morgan fingerprint density at radius 1 is 1.35 bits per heavy atom. The highest BCUT2D eigenvalue weighted by Gasteiger charge is 2.46. The third-order valence-corrected chi connectivity index (χ3v) is 3.41. The first kappa shape index (κ1) is 14.9. The Kier molecular flexibility index (Phi) is 4.37. The summed E-state index contributed by atoms with van der Waals surface area (Å²) in [5, 5.41) is 23.1. The second-order valence-corrected chi connectivity index (χ2v) is 4.59. The molecule has 0 fully saturated rings. The number of benzene rings is 1. The van der Waals surface area contributed by atoms with E-state index in [2.05, 4.69) is 5.32 Å². The van der Waals surface area contributed by atoms with Crippen molar-refractivity contribution in [2.75, 3.05) is 13.2 Å². The molecular weight excluding hydrogens is 268 g/mol. The Balaban J connectivity index is 2.49. The molecule has 0 aliphatic rings. The highest BCUT2D eigenvalue weighted by Crippen LogP contribution is 2.34. The van der Waals surface area contributed by atoms with E-state index in [-0.39, 0.29) is 5.56 Å². The van der Waals surface area contributed by atoms with Gasteiger partial charge in [-0.25, -0.2) is 8.78 Å². The van der Waals surface area contributed by atoms with Crippen molar-refractivity contribution >= 4 is 11.0 Å². The fraction of sp³-hybridized carbons (Fsp3) is 0.429. The number of halogens is 2. The molecule has 0 aliphatic carbocycles. The van der Waals surface area contributed by atoms with Gasteiger partial charge in [0.15, 0.2) is 5.60 Å². The molecule has 0 saturated carbocycles. The molecule has 20 heavy (non-hydrogen) atoms. The first-order chi connectivity index (χ1) is 9.53. The third-order valence-electron chi connectivity index (χ3n) is 3.41. The Labute approximate surface area is 115 Å². The van der Waals surface area contributed by atoms with E-state index in [1.807, 2.05) is 0 Å². The quantitative estimate of drug-likeness (QED) is 0.758. The van der Waals surface area contributed by atoms with Crippen molar-refractivity contribution in [2.24, 2.45) is 0 Å². The number of aliphatic hydroxyl groups excluding tert-OH is 1. The van der Waals surface area contributed by atoms with E-state index in [0.29, 0.717) is 17.5 Å². The Hall–Kier alpha value is -1.50. The van der Waals surface area contributed by atoms with Gasteiger partial charge in [-0.3, -0.25) is 0 Å². The summed E-state index contributed by atoms with van der Waals surface area (Å²) in [7, 11) is 0. The van der Waals surface area contributed by atoms with Gasteiger partial charge in [0.2, 0.25) is 0 Å². The van der Waals surface area contributed by atoms with Crippen LogP contribution in [-0.4, -0.2) is 35.8 Å². The summed E-state index contributed by atoms with van der Waals surface area (Å²) in [6.07, 6.45) is -1.59. The SMILES string of the molecule is CCNC(CO)C(O)(c1ccc2occc2c1)C(F)F. The average Bonchev–Trinajstić information content (AvgIpc) is 2.90. The van der Waals surface area contributed by atoms with Crippen LogP contribution >= 0.6 is 0 Å². The summed E-state index contributed by atoms with van der Waals surface area (Å²) in [6.45, 7) is 1.47. The van der Waals surface area contributed by atoms with Crippen LogP contribution in [0.5, 0.6) is 0 Å². The molecule has 2 rings (SSSR count). The van der Waals surface area contributed by atoms with Crippen LogP contribution in [0.2, 0.25) is 0 Å². The second-order valence-electron chi connectivity index (χ2n) is 4.59. The molecule has 4 nitrogen and oxygen atoms in total. The summed E-state index contributed by atoms with van der Waals surface area (Å²) >= 11 is 0. The summed E-state index contributed by atoms with van der Waals surface area (Å²) < 4.78 is 32.0. The van der Waals surface area contributed by atoms with Crippen LogP contribution in [0.4, 0.5) is 8.78 Å². The smallest absolute Gasteiger partial charge is 0.272 e. The Morgan fingerprint density at radius 2 is 2.10 bits per heavy atom. The minimum Gasteiger partial charge on any atom is -0.464 e. The lowest BCUT2D eigenvalue weighted by Crippen LogP contribution is -2.55. The number of hydrogen-bond acceptors (Lipinski definition) is 4. The minimum absolute atomic E-state index is 0.0430. The zero-order valence-electron chi connectivity index (χ0n) is 11.0. The largest absolute Gasteiger partial charge is 0.464 e. The zero-order valence-corrected chi connectivity index (χ0v) is 11.0. The van der Waals surface area contributed by atoms with Crippen LogP contribution in [0.3, 0.4) is 0 Å². The minimum atomic E-state index is -3.04. The lowest BCUT2D eigenvalue weighted by Gasteiger charge is -2.35. The van der Waals surface area contributed by atoms with E-state index in [0.717, 1.165) is 0 Å². The molecule has 0 aliphatic heterocycles. The summed E-state index contributed by atoms with van der Waals surface area (Å²) in [5.41, 5.74) is -1.87. The molecule has 0 amide bonds. The van der Waals surface area contributed by atoms with E-state index in [1.54, 1.807) is 13.0 Å². The maximum Gasteiger partial charge on any atom is 0.272 e. The molecular formula is C14H17F2NO3. The Bertz CT molecular complexity index is 572. The summed E-state index contributed by atoms with van der Waals surface area (Å²) in [5.74, 6) is 0. The topological polar surface area (TPSA) is 65.6 Å². The molecule has 2 unspecified atom stereocenters. The zero-order chi connectivity index (χ0) is 14.8. The second kappa shape index (κ2) is 5.87. The van der Waals surface area contributed by atoms with Gasteiger partial charge in [0.1, 0.15) is 5.58 Å². The van der Waals surface area contributed by atoms with Crippen LogP contribution < -0.4 is 5.32 Å². The van der Waals surface area contributed by atoms with Gasteiger partial charge in [-0.05, 0) is 30.3 Å². The fourth-order valence-corrected chi connectivity index (χ4v) is 2.30. The van der Waals surface area contributed by atoms with Gasteiger partial charge in [-0.15, -0.1) is 0 Å². The van der Waals surface area contributed by atoms with Crippen molar-refractivity contribution in [3.05, 3.63) is 36.1 Å². The van der Waals surface area contributed by atoms with Crippen LogP contribution in [-0.2, 0) is 5.60 Å². The summed E-state index contributed by atoms with van der Waals surface area (Å²) in [4.78, 5) is 0. The molecule has 1 aromatic carbocycles. The van der Waals surface area contributed by atoms with Crippen molar-refractivity contribution in [3.63, 3.8) is 0 Å². The van der Waals surface area contributed by atoms with Crippen LogP contribution in [0.15, 0.2) is 34.9 Å². The molecule has 2 atom stereocenters. The fourth-order valence-electron chi connectivity index (χ4n) is 2.30. The lowest BCUT2D eigenvalue weighted by atomic mass is 9.86. The summed E-state index contributed by atoms with van der Waals surface area (Å²) in [6, 6.07) is 4.84. The lowest BCUT2D eigenvalue weighted by molar-refractivity contribution is -0.132. The first-order valence-electron chi connectivity index (χ1n) is 6.36. The van der Waals surface area contributed by atoms with Crippen molar-refractivity contribution in [1.82, 2.24) is 5.32 Å². The van der Waals surface area contributed by atoms with Gasteiger partial charge in [0.05, 0.1) is 18.9 Å². The number of rotatable bonds is 6. The van der Waals surface area contributed by atoms with E-state index >= 15 is 0 Å². The van der Waals surface area contributed by atoms with Crippen LogP contribution in [0.25, 0.3) is 11.0 Å². The number of nitrogens with one attached hydrogen (secondary N) is 1. The van der Waals surface area contributed by atoms with Gasteiger partial charge < -0.3 is 19.9 Å². The molecule has 1 heterocycles. The van der Waals surface area contributed by atoms with Gasteiger partial charge in [0.25, 0.3) is 6.43 Å². The molecule has 0 bridgehead atoms. The monoisotopic (exact) mass is 285 g/mol. The highest BCUT2D eigenvalue weighted by atomic mass is 19.3. The number of alkyl halides is 2. The predicted molar refractivity (Wildman–Crippen MR) is 70.7 cm³/mol. The van der Waals surface area contributed by atoms with E-state index in [1.165, 1.54) is 24.5 Å². The van der Waals surface area contributed by atoms with Gasteiger partial charge in [-0.2, -0.15) is 0 Å². The van der Waals surface area contributed by atoms with Gasteiger partial charge in [-0.1, -0.05) is 13.0 Å². The molecule has 6 heteroatoms. The predicted octanol–water partition coefficient (Wildman–Crippen LogP) is 1.86. The van der Waals surface area contributed by atoms with Crippen molar-refractivity contribution in [1.29, 1.82) is 0 Å². The highest BCUT2D eigenvalue weighted by molar-refractivity contribution is 5.78. The molecule has 1 aromatic heterocycles. The van der Waals surface area contributed by atoms with Crippen LogP contribution in [0.1, 0.15) is 12.5 Å². The molecule has 2 aromatic rings. The number of hydrogen-bond donors (Lipinski definition) is 3. The number of fused-ring (bicyclic) bond motifs is 1. The van der Waals surface area contributed by atoms with E-state index < -0.39 is 24.7 Å². The van der Waals surface area contributed by atoms with E-state index in [4.69, 9.17) is 4.42 Å². The normalized spacial score (nSPS) is 16.5. The van der Waals surface area contributed by atoms with Gasteiger partial charge in [0, 0.05) is 5.39 Å². The molecule has 3 N–H and O–H groups in total. The third kappa shape index (κ3) is 2.42. The maximum atomic E-state index is 13.4. The Morgan fingerprint density at radius 3 is 2.70 bits per heavy atom. The standard InChI is InChI=1S/C14H17F2NO3/c1-2-17-12(8-18)14(19,13(15)16)10-3-4-11-9(7-10)5-6-20-11/h3-7,12-13,17-19H,2,8H2,1H3. The van der Waals surface area contributed by atoms with Crippen molar-refractivity contribution in [3.8, 4) is 0 Å². The van der Waals surface area contributed by atoms with Crippen LogP contribution in [0, 0.1) is 0 Å². The molecule has 0 saturated heterocycles. The van der Waals surface area contributed by atoms with Gasteiger partial charge >= 0.3 is 0 Å². The number of aliphatic hydroxyl groups is 2. The number of likely N-dealkylation sites (N-methyl/N-ethyl adjacent to an activating group) is 1.